The third-order valence-electron chi connectivity index (χ3n) is 5.25. The van der Waals surface area contributed by atoms with E-state index in [2.05, 4.69) is 11.9 Å². The number of aromatic nitrogens is 2. The fraction of sp³-hybridized carbons (Fsp3) is 0.571. The molecule has 0 radical (unpaired) electrons. The second-order valence-corrected chi connectivity index (χ2v) is 8.45. The van der Waals surface area contributed by atoms with Gasteiger partial charge >= 0.3 is 12.1 Å². The number of amides is 1. The lowest BCUT2D eigenvalue weighted by molar-refractivity contribution is 0.00358. The number of imidazole rings is 1. The molecule has 152 valence electrons. The summed E-state index contributed by atoms with van der Waals surface area (Å²) in [7, 11) is 1.35. The van der Waals surface area contributed by atoms with Crippen molar-refractivity contribution in [3.05, 3.63) is 35.8 Å². The summed E-state index contributed by atoms with van der Waals surface area (Å²) in [5.41, 5.74) is 1.17. The number of nitrogens with zero attached hydrogens (tertiary/aromatic N) is 3. The zero-order chi connectivity index (χ0) is 20.5. The molecule has 7 heteroatoms. The molecule has 7 nitrogen and oxygen atoms in total. The summed E-state index contributed by atoms with van der Waals surface area (Å²) >= 11 is 0. The molecule has 1 atom stereocenters. The van der Waals surface area contributed by atoms with Crippen molar-refractivity contribution in [1.82, 2.24) is 14.3 Å². The highest BCUT2D eigenvalue weighted by Gasteiger charge is 2.33. The van der Waals surface area contributed by atoms with Gasteiger partial charge < -0.3 is 18.8 Å². The molecular weight excluding hydrogens is 358 g/mol. The molecule has 1 saturated carbocycles. The summed E-state index contributed by atoms with van der Waals surface area (Å²) in [5.74, 6) is 0.0264. The van der Waals surface area contributed by atoms with E-state index < -0.39 is 11.6 Å². The largest absolute Gasteiger partial charge is 0.465 e. The first kappa shape index (κ1) is 20.2. The number of methoxy groups -OCH3 is 1. The normalized spacial score (nSPS) is 15.8. The number of ether oxygens (including phenoxy) is 2. The number of pyridine rings is 1. The van der Waals surface area contributed by atoms with Gasteiger partial charge in [-0.05, 0) is 58.1 Å². The number of carbonyl (C=O) groups excluding carboxylic acids is 2. The van der Waals surface area contributed by atoms with Crippen LogP contribution in [0.5, 0.6) is 0 Å². The molecule has 1 fully saturated rings. The van der Waals surface area contributed by atoms with Crippen LogP contribution in [0.2, 0.25) is 0 Å². The third-order valence-corrected chi connectivity index (χ3v) is 5.25. The summed E-state index contributed by atoms with van der Waals surface area (Å²) in [5, 5.41) is 0. The molecule has 0 saturated heterocycles. The Morgan fingerprint density at radius 1 is 1.36 bits per heavy atom. The van der Waals surface area contributed by atoms with E-state index in [4.69, 9.17) is 9.47 Å². The standard InChI is InChI=1S/C21H29N3O4/c1-14(16-7-6-8-16)24(20(26)28-21(2,3)4)13-15-11-17(19(25)27-5)18-22-9-10-23(18)12-15/h9-12,14,16H,6-8,13H2,1-5H3/t14-/m0/s1. The predicted octanol–water partition coefficient (Wildman–Crippen LogP) is 4.05. The lowest BCUT2D eigenvalue weighted by Gasteiger charge is -2.39. The van der Waals surface area contributed by atoms with Crippen molar-refractivity contribution in [2.45, 2.75) is 65.1 Å². The van der Waals surface area contributed by atoms with Gasteiger partial charge in [0, 0.05) is 24.6 Å². The van der Waals surface area contributed by atoms with Crippen LogP contribution >= 0.6 is 0 Å². The van der Waals surface area contributed by atoms with E-state index in [0.717, 1.165) is 18.4 Å². The molecule has 0 spiro atoms. The van der Waals surface area contributed by atoms with Crippen LogP contribution in [0.1, 0.15) is 62.9 Å². The Balaban J connectivity index is 1.93. The molecule has 2 aromatic rings. The van der Waals surface area contributed by atoms with Crippen molar-refractivity contribution in [3.63, 3.8) is 0 Å². The van der Waals surface area contributed by atoms with Gasteiger partial charge in [-0.1, -0.05) is 6.42 Å². The summed E-state index contributed by atoms with van der Waals surface area (Å²) < 4.78 is 12.3. The van der Waals surface area contributed by atoms with E-state index in [1.807, 2.05) is 27.0 Å². The highest BCUT2D eigenvalue weighted by molar-refractivity contribution is 5.95. The van der Waals surface area contributed by atoms with Gasteiger partial charge in [-0.2, -0.15) is 0 Å². The molecule has 28 heavy (non-hydrogen) atoms. The Labute approximate surface area is 165 Å². The number of hydrogen-bond donors (Lipinski definition) is 0. The lowest BCUT2D eigenvalue weighted by atomic mass is 9.80. The van der Waals surface area contributed by atoms with E-state index in [-0.39, 0.29) is 12.1 Å². The van der Waals surface area contributed by atoms with Crippen LogP contribution in [-0.2, 0) is 16.0 Å². The quantitative estimate of drug-likeness (QED) is 0.724. The number of hydrogen-bond acceptors (Lipinski definition) is 5. The Morgan fingerprint density at radius 3 is 2.64 bits per heavy atom. The predicted molar refractivity (Wildman–Crippen MR) is 105 cm³/mol. The first-order valence-corrected chi connectivity index (χ1v) is 9.73. The zero-order valence-electron chi connectivity index (χ0n) is 17.3. The molecule has 0 N–H and O–H groups in total. The minimum Gasteiger partial charge on any atom is -0.465 e. The molecule has 0 aromatic carbocycles. The topological polar surface area (TPSA) is 73.1 Å². The Bertz CT molecular complexity index is 864. The smallest absolute Gasteiger partial charge is 0.410 e. The molecule has 0 aliphatic heterocycles. The molecule has 3 rings (SSSR count). The first-order valence-electron chi connectivity index (χ1n) is 9.73. The first-order chi connectivity index (χ1) is 13.2. The number of esters is 1. The van der Waals surface area contributed by atoms with Crippen LogP contribution in [0.15, 0.2) is 24.7 Å². The maximum atomic E-state index is 12.9. The monoisotopic (exact) mass is 387 g/mol. The SMILES string of the molecule is COC(=O)c1cc(CN(C(=O)OC(C)(C)C)[C@@H](C)C2CCC2)cn2ccnc12. The second-order valence-electron chi connectivity index (χ2n) is 8.45. The van der Waals surface area contributed by atoms with Crippen LogP contribution in [0, 0.1) is 5.92 Å². The zero-order valence-corrected chi connectivity index (χ0v) is 17.3. The summed E-state index contributed by atoms with van der Waals surface area (Å²) in [4.78, 5) is 31.1. The molecule has 1 aliphatic carbocycles. The van der Waals surface area contributed by atoms with Crippen molar-refractivity contribution in [2.24, 2.45) is 5.92 Å². The highest BCUT2D eigenvalue weighted by atomic mass is 16.6. The van der Waals surface area contributed by atoms with Gasteiger partial charge in [-0.25, -0.2) is 14.6 Å². The van der Waals surface area contributed by atoms with Gasteiger partial charge in [-0.3, -0.25) is 0 Å². The molecule has 0 unspecified atom stereocenters. The fourth-order valence-corrected chi connectivity index (χ4v) is 3.51. The van der Waals surface area contributed by atoms with E-state index in [1.54, 1.807) is 27.8 Å². The van der Waals surface area contributed by atoms with Crippen LogP contribution in [0.3, 0.4) is 0 Å². The van der Waals surface area contributed by atoms with Crippen LogP contribution in [0.25, 0.3) is 5.65 Å². The Hall–Kier alpha value is -2.57. The number of fused-ring (bicyclic) bond motifs is 1. The molecule has 1 aliphatic rings. The Kier molecular flexibility index (Phi) is 5.63. The van der Waals surface area contributed by atoms with Crippen LogP contribution < -0.4 is 0 Å². The highest BCUT2D eigenvalue weighted by Crippen LogP contribution is 2.33. The van der Waals surface area contributed by atoms with Gasteiger partial charge in [0.1, 0.15) is 11.2 Å². The van der Waals surface area contributed by atoms with E-state index in [1.165, 1.54) is 13.5 Å². The second kappa shape index (κ2) is 7.81. The van der Waals surface area contributed by atoms with Crippen molar-refractivity contribution in [3.8, 4) is 0 Å². The minimum atomic E-state index is -0.569. The minimum absolute atomic E-state index is 0.0589. The Morgan fingerprint density at radius 2 is 2.07 bits per heavy atom. The fourth-order valence-electron chi connectivity index (χ4n) is 3.51. The van der Waals surface area contributed by atoms with Gasteiger partial charge in [0.2, 0.25) is 0 Å². The van der Waals surface area contributed by atoms with E-state index in [9.17, 15) is 9.59 Å². The molecular formula is C21H29N3O4. The van der Waals surface area contributed by atoms with Crippen molar-refractivity contribution >= 4 is 17.7 Å². The van der Waals surface area contributed by atoms with E-state index in [0.29, 0.717) is 23.7 Å². The maximum Gasteiger partial charge on any atom is 0.410 e. The number of carbonyl (C=O) groups is 2. The van der Waals surface area contributed by atoms with Gasteiger partial charge in [0.25, 0.3) is 0 Å². The average molecular weight is 387 g/mol. The summed E-state index contributed by atoms with van der Waals surface area (Å²) in [6, 6.07) is 1.81. The summed E-state index contributed by atoms with van der Waals surface area (Å²) in [6.45, 7) is 8.02. The van der Waals surface area contributed by atoms with Gasteiger partial charge in [0.05, 0.1) is 13.7 Å². The summed E-state index contributed by atoms with van der Waals surface area (Å²) in [6.07, 6.45) is 8.40. The molecule has 1 amide bonds. The van der Waals surface area contributed by atoms with Crippen molar-refractivity contribution in [2.75, 3.05) is 7.11 Å². The van der Waals surface area contributed by atoms with Crippen molar-refractivity contribution < 1.29 is 19.1 Å². The van der Waals surface area contributed by atoms with Gasteiger partial charge in [-0.15, -0.1) is 0 Å². The van der Waals surface area contributed by atoms with Crippen LogP contribution in [-0.4, -0.2) is 45.1 Å². The molecule has 2 heterocycles. The van der Waals surface area contributed by atoms with Gasteiger partial charge in [0.15, 0.2) is 5.65 Å². The average Bonchev–Trinajstić information content (AvgIpc) is 3.03. The van der Waals surface area contributed by atoms with Crippen molar-refractivity contribution in [1.29, 1.82) is 0 Å². The third kappa shape index (κ3) is 4.29. The number of rotatable bonds is 5. The maximum absolute atomic E-state index is 12.9. The molecule has 0 bridgehead atoms. The van der Waals surface area contributed by atoms with Crippen LogP contribution in [0.4, 0.5) is 4.79 Å². The van der Waals surface area contributed by atoms with E-state index >= 15 is 0 Å². The molecule has 2 aromatic heterocycles. The lowest BCUT2D eigenvalue weighted by Crippen LogP contribution is -2.46.